The number of carbonyl (C=O) groups is 2. The lowest BCUT2D eigenvalue weighted by molar-refractivity contribution is -0.145. The number of nitrogens with zero attached hydrogens (tertiary/aromatic N) is 1. The molecule has 23 heavy (non-hydrogen) atoms. The summed E-state index contributed by atoms with van der Waals surface area (Å²) in [6.45, 7) is 0.764. The Balaban J connectivity index is 1.72. The molecule has 1 aliphatic heterocycles. The summed E-state index contributed by atoms with van der Waals surface area (Å²) < 4.78 is 0. The highest BCUT2D eigenvalue weighted by Crippen LogP contribution is 2.23. The van der Waals surface area contributed by atoms with Crippen LogP contribution in [0, 0.1) is 0 Å². The van der Waals surface area contributed by atoms with Crippen LogP contribution in [0.2, 0.25) is 0 Å². The summed E-state index contributed by atoms with van der Waals surface area (Å²) >= 11 is 0. The minimum atomic E-state index is -0.845. The first-order valence-corrected chi connectivity index (χ1v) is 7.89. The first-order valence-electron chi connectivity index (χ1n) is 7.89. The molecule has 1 atom stereocenters. The van der Waals surface area contributed by atoms with E-state index in [0.29, 0.717) is 13.0 Å². The average molecular weight is 312 g/mol. The van der Waals surface area contributed by atoms with Gasteiger partial charge >= 0.3 is 5.97 Å². The van der Waals surface area contributed by atoms with Gasteiger partial charge in [-0.05, 0) is 30.8 Å². The maximum atomic E-state index is 12.3. The molecule has 2 aromatic rings. The molecule has 3 rings (SSSR count). The summed E-state index contributed by atoms with van der Waals surface area (Å²) in [5.74, 6) is -1.02. The topological polar surface area (TPSA) is 69.6 Å². The van der Waals surface area contributed by atoms with Crippen molar-refractivity contribution in [1.29, 1.82) is 0 Å². The lowest BCUT2D eigenvalue weighted by atomic mass is 10.0. The van der Waals surface area contributed by atoms with Crippen LogP contribution in [0.15, 0.2) is 42.5 Å². The fraction of sp³-hybridized carbons (Fsp3) is 0.333. The summed E-state index contributed by atoms with van der Waals surface area (Å²) in [5.41, 5.74) is 0.761. The maximum absolute atomic E-state index is 12.3. The van der Waals surface area contributed by atoms with Crippen LogP contribution in [0.25, 0.3) is 10.8 Å². The molecule has 2 N–H and O–H groups in total. The molecular formula is C18H20N2O3. The van der Waals surface area contributed by atoms with Gasteiger partial charge in [0, 0.05) is 11.1 Å². The Hall–Kier alpha value is -2.40. The van der Waals surface area contributed by atoms with Gasteiger partial charge in [-0.1, -0.05) is 42.8 Å². The van der Waals surface area contributed by atoms with Gasteiger partial charge < -0.3 is 10.4 Å². The van der Waals surface area contributed by atoms with Gasteiger partial charge in [0.05, 0.1) is 6.54 Å². The minimum Gasteiger partial charge on any atom is -0.480 e. The van der Waals surface area contributed by atoms with Gasteiger partial charge in [0.15, 0.2) is 0 Å². The fourth-order valence-corrected chi connectivity index (χ4v) is 3.17. The second-order valence-electron chi connectivity index (χ2n) is 5.90. The molecule has 1 aliphatic rings. The first-order chi connectivity index (χ1) is 11.1. The average Bonchev–Trinajstić information content (AvgIpc) is 2.55. The van der Waals surface area contributed by atoms with Crippen LogP contribution >= 0.6 is 0 Å². The number of rotatable bonds is 4. The van der Waals surface area contributed by atoms with E-state index in [9.17, 15) is 14.7 Å². The number of piperidine rings is 1. The summed E-state index contributed by atoms with van der Waals surface area (Å²) in [6.07, 6.45) is 2.45. The van der Waals surface area contributed by atoms with Crippen LogP contribution in [0.4, 0.5) is 5.69 Å². The van der Waals surface area contributed by atoms with Crippen molar-refractivity contribution in [3.8, 4) is 0 Å². The number of nitrogens with one attached hydrogen (secondary N) is 1. The Morgan fingerprint density at radius 2 is 1.91 bits per heavy atom. The number of carboxylic acid groups (broad SMARTS) is 1. The quantitative estimate of drug-likeness (QED) is 0.911. The molecule has 5 nitrogen and oxygen atoms in total. The molecule has 1 unspecified atom stereocenters. The number of aliphatic carboxylic acids is 1. The van der Waals surface area contributed by atoms with E-state index in [1.54, 1.807) is 4.90 Å². The normalized spacial score (nSPS) is 18.7. The van der Waals surface area contributed by atoms with E-state index < -0.39 is 12.0 Å². The molecule has 1 amide bonds. The van der Waals surface area contributed by atoms with Gasteiger partial charge in [-0.25, -0.2) is 0 Å². The van der Waals surface area contributed by atoms with Crippen LogP contribution in [0.3, 0.4) is 0 Å². The number of likely N-dealkylation sites (tertiary alicyclic amines) is 1. The third-order valence-electron chi connectivity index (χ3n) is 4.31. The predicted molar refractivity (Wildman–Crippen MR) is 89.4 cm³/mol. The van der Waals surface area contributed by atoms with Crippen LogP contribution in [0.5, 0.6) is 0 Å². The van der Waals surface area contributed by atoms with Crippen molar-refractivity contribution < 1.29 is 14.7 Å². The molecule has 5 heteroatoms. The van der Waals surface area contributed by atoms with E-state index in [4.69, 9.17) is 0 Å². The fourth-order valence-electron chi connectivity index (χ4n) is 3.17. The molecule has 0 saturated carbocycles. The van der Waals surface area contributed by atoms with E-state index in [1.165, 1.54) is 0 Å². The monoisotopic (exact) mass is 312 g/mol. The minimum absolute atomic E-state index is 0.111. The first kappa shape index (κ1) is 15.5. The molecule has 0 spiro atoms. The molecule has 0 aromatic heterocycles. The highest BCUT2D eigenvalue weighted by molar-refractivity contribution is 6.02. The lowest BCUT2D eigenvalue weighted by Gasteiger charge is -2.32. The Morgan fingerprint density at radius 3 is 2.74 bits per heavy atom. The van der Waals surface area contributed by atoms with Crippen molar-refractivity contribution >= 4 is 28.3 Å². The smallest absolute Gasteiger partial charge is 0.320 e. The molecule has 0 radical (unpaired) electrons. The van der Waals surface area contributed by atoms with Crippen LogP contribution in [0.1, 0.15) is 19.3 Å². The molecular weight excluding hydrogens is 292 g/mol. The Kier molecular flexibility index (Phi) is 4.57. The third kappa shape index (κ3) is 3.51. The summed E-state index contributed by atoms with van der Waals surface area (Å²) in [6, 6.07) is 13.1. The molecule has 0 aliphatic carbocycles. The number of fused-ring (bicyclic) bond motifs is 1. The second-order valence-corrected chi connectivity index (χ2v) is 5.90. The van der Waals surface area contributed by atoms with Crippen molar-refractivity contribution in [3.63, 3.8) is 0 Å². The lowest BCUT2D eigenvalue weighted by Crippen LogP contribution is -2.47. The maximum Gasteiger partial charge on any atom is 0.320 e. The SMILES string of the molecule is O=C(CN1CCCCC1C(=O)O)Nc1cccc2ccccc12. The van der Waals surface area contributed by atoms with Crippen LogP contribution < -0.4 is 5.32 Å². The standard InChI is InChI=1S/C18H20N2O3/c21-17(12-20-11-4-3-10-16(20)18(22)23)19-15-9-5-7-13-6-1-2-8-14(13)15/h1-2,5-9,16H,3-4,10-12H2,(H,19,21)(H,22,23). The summed E-state index contributed by atoms with van der Waals surface area (Å²) in [7, 11) is 0. The van der Waals surface area contributed by atoms with E-state index >= 15 is 0 Å². The Labute approximate surface area is 134 Å². The highest BCUT2D eigenvalue weighted by Gasteiger charge is 2.29. The number of anilines is 1. The van der Waals surface area contributed by atoms with E-state index in [2.05, 4.69) is 5.32 Å². The molecule has 120 valence electrons. The molecule has 1 saturated heterocycles. The van der Waals surface area contributed by atoms with Crippen molar-refractivity contribution in [3.05, 3.63) is 42.5 Å². The zero-order valence-electron chi connectivity index (χ0n) is 12.9. The zero-order chi connectivity index (χ0) is 16.2. The second kappa shape index (κ2) is 6.79. The van der Waals surface area contributed by atoms with Gasteiger partial charge in [0.25, 0.3) is 0 Å². The third-order valence-corrected chi connectivity index (χ3v) is 4.31. The molecule has 2 aromatic carbocycles. The van der Waals surface area contributed by atoms with Gasteiger partial charge in [0.1, 0.15) is 6.04 Å². The summed E-state index contributed by atoms with van der Waals surface area (Å²) in [5, 5.41) is 14.2. The molecule has 1 heterocycles. The Morgan fingerprint density at radius 1 is 1.13 bits per heavy atom. The van der Waals surface area contributed by atoms with Crippen LogP contribution in [-0.4, -0.2) is 41.0 Å². The number of carboxylic acids is 1. The molecule has 1 fully saturated rings. The highest BCUT2D eigenvalue weighted by atomic mass is 16.4. The van der Waals surface area contributed by atoms with Crippen molar-refractivity contribution in [2.75, 3.05) is 18.4 Å². The van der Waals surface area contributed by atoms with Crippen molar-refractivity contribution in [2.24, 2.45) is 0 Å². The van der Waals surface area contributed by atoms with E-state index in [0.717, 1.165) is 29.3 Å². The summed E-state index contributed by atoms with van der Waals surface area (Å²) in [4.78, 5) is 25.4. The number of hydrogen-bond acceptors (Lipinski definition) is 3. The van der Waals surface area contributed by atoms with Gasteiger partial charge in [0.2, 0.25) is 5.91 Å². The largest absolute Gasteiger partial charge is 0.480 e. The number of benzene rings is 2. The zero-order valence-corrected chi connectivity index (χ0v) is 12.9. The van der Waals surface area contributed by atoms with Crippen molar-refractivity contribution in [2.45, 2.75) is 25.3 Å². The Bertz CT molecular complexity index is 724. The van der Waals surface area contributed by atoms with Gasteiger partial charge in [-0.15, -0.1) is 0 Å². The van der Waals surface area contributed by atoms with Crippen molar-refractivity contribution in [1.82, 2.24) is 4.90 Å². The van der Waals surface area contributed by atoms with E-state index in [1.807, 2.05) is 42.5 Å². The van der Waals surface area contributed by atoms with Crippen LogP contribution in [-0.2, 0) is 9.59 Å². The number of amides is 1. The van der Waals surface area contributed by atoms with E-state index in [-0.39, 0.29) is 12.5 Å². The number of hydrogen-bond donors (Lipinski definition) is 2. The number of carbonyl (C=O) groups excluding carboxylic acids is 1. The van der Waals surface area contributed by atoms with Gasteiger partial charge in [-0.3, -0.25) is 14.5 Å². The van der Waals surface area contributed by atoms with Gasteiger partial charge in [-0.2, -0.15) is 0 Å². The predicted octanol–water partition coefficient (Wildman–Crippen LogP) is 2.72. The molecule has 0 bridgehead atoms.